The lowest BCUT2D eigenvalue weighted by Crippen LogP contribution is -2.64. The Hall–Kier alpha value is -2.45. The fraction of sp³-hybridized carbons (Fsp3) is 0.647. The first-order valence-electron chi connectivity index (χ1n) is 16.6. The van der Waals surface area contributed by atoms with E-state index in [-0.39, 0.29) is 12.8 Å². The van der Waals surface area contributed by atoms with Crippen LogP contribution in [-0.2, 0) is 32.7 Å². The zero-order chi connectivity index (χ0) is 35.8. The molecule has 0 aromatic rings. The van der Waals surface area contributed by atoms with E-state index in [1.54, 1.807) is 0 Å². The van der Waals surface area contributed by atoms with Crippen LogP contribution in [0, 0.1) is 0 Å². The molecule has 0 aromatic heterocycles. The molecular weight excluding hydrogens is 647 g/mol. The summed E-state index contributed by atoms with van der Waals surface area (Å²) in [6.07, 6.45) is 14.7. The standard InChI is InChI=1S/C34H55O13P/c1-3-5-7-8-9-10-11-12-13-14-15-16-17-18-19-20-21-23-28(36)46-26(24-44-27(35)22-6-4-2)25-45-48(42,43)47-34-32(40)30(38)29(37)31(39)33(34)41/h5,7,9-10,12-13,15-16,18-19,26,29-34,37-41H,3-4,6,8,11,14,17,20-25H2,1-2H3,(H,42,43)/b7-5-,10-9-,13-12-,16-15-,19-18-. The maximum atomic E-state index is 12.6. The van der Waals surface area contributed by atoms with Gasteiger partial charge < -0.3 is 39.9 Å². The van der Waals surface area contributed by atoms with Gasteiger partial charge in [0.25, 0.3) is 0 Å². The molecule has 6 N–H and O–H groups in total. The summed E-state index contributed by atoms with van der Waals surface area (Å²) in [6.45, 7) is 2.77. The molecule has 0 aromatic carbocycles. The molecule has 0 radical (unpaired) electrons. The van der Waals surface area contributed by atoms with Crippen molar-refractivity contribution in [2.45, 2.75) is 127 Å². The van der Waals surface area contributed by atoms with Crippen LogP contribution >= 0.6 is 7.82 Å². The second-order valence-electron chi connectivity index (χ2n) is 11.3. The van der Waals surface area contributed by atoms with Crippen molar-refractivity contribution in [3.63, 3.8) is 0 Å². The zero-order valence-electron chi connectivity index (χ0n) is 28.0. The fourth-order valence-electron chi connectivity index (χ4n) is 4.36. The van der Waals surface area contributed by atoms with Gasteiger partial charge in [0.15, 0.2) is 6.10 Å². The van der Waals surface area contributed by atoms with Crippen molar-refractivity contribution in [2.75, 3.05) is 13.2 Å². The highest BCUT2D eigenvalue weighted by Gasteiger charge is 2.51. The molecule has 6 atom stereocenters. The number of carbonyl (C=O) groups is 2. The molecule has 13 nitrogen and oxygen atoms in total. The minimum Gasteiger partial charge on any atom is -0.462 e. The maximum absolute atomic E-state index is 12.6. The van der Waals surface area contributed by atoms with E-state index in [1.807, 2.05) is 19.1 Å². The third kappa shape index (κ3) is 18.9. The van der Waals surface area contributed by atoms with Gasteiger partial charge in [-0.15, -0.1) is 0 Å². The van der Waals surface area contributed by atoms with E-state index in [2.05, 4.69) is 55.5 Å². The van der Waals surface area contributed by atoms with E-state index in [0.29, 0.717) is 19.3 Å². The van der Waals surface area contributed by atoms with Crippen LogP contribution in [0.3, 0.4) is 0 Å². The van der Waals surface area contributed by atoms with Crippen LogP contribution in [0.25, 0.3) is 0 Å². The van der Waals surface area contributed by atoms with E-state index in [0.717, 1.165) is 38.5 Å². The van der Waals surface area contributed by atoms with Crippen LogP contribution < -0.4 is 0 Å². The summed E-state index contributed by atoms with van der Waals surface area (Å²) < 4.78 is 32.7. The molecule has 14 heteroatoms. The topological polar surface area (TPSA) is 210 Å². The average Bonchev–Trinajstić information content (AvgIpc) is 3.06. The summed E-state index contributed by atoms with van der Waals surface area (Å²) in [5.41, 5.74) is 0. The SMILES string of the molecule is CC/C=C\C/C=C\C/C=C\C/C=C\C/C=C\CCCC(=O)OC(COC(=O)CCCC)COP(=O)(O)OC1C(O)C(O)C(O)C(O)C1O. The number of aliphatic hydroxyl groups is 5. The lowest BCUT2D eigenvalue weighted by atomic mass is 9.85. The number of hydrogen-bond acceptors (Lipinski definition) is 12. The summed E-state index contributed by atoms with van der Waals surface area (Å²) in [5.74, 6) is -1.22. The Bertz CT molecular complexity index is 1090. The monoisotopic (exact) mass is 702 g/mol. The Balaban J connectivity index is 2.52. The molecule has 0 aliphatic heterocycles. The smallest absolute Gasteiger partial charge is 0.462 e. The normalized spacial score (nSPS) is 25.4. The molecule has 0 amide bonds. The summed E-state index contributed by atoms with van der Waals surface area (Å²) in [4.78, 5) is 34.7. The van der Waals surface area contributed by atoms with Crippen LogP contribution in [-0.4, -0.2) is 98.3 Å². The molecule has 48 heavy (non-hydrogen) atoms. The van der Waals surface area contributed by atoms with Crippen LogP contribution in [0.15, 0.2) is 60.8 Å². The summed E-state index contributed by atoms with van der Waals surface area (Å²) in [7, 11) is -5.11. The zero-order valence-corrected chi connectivity index (χ0v) is 28.9. The van der Waals surface area contributed by atoms with Gasteiger partial charge in [0.05, 0.1) is 6.61 Å². The number of rotatable bonds is 24. The number of unbranched alkanes of at least 4 members (excludes halogenated alkanes) is 2. The van der Waals surface area contributed by atoms with Gasteiger partial charge in [-0.2, -0.15) is 0 Å². The highest BCUT2D eigenvalue weighted by molar-refractivity contribution is 7.47. The van der Waals surface area contributed by atoms with E-state index < -0.39 is 75.7 Å². The van der Waals surface area contributed by atoms with Crippen LogP contribution in [0.5, 0.6) is 0 Å². The molecule has 1 rings (SSSR count). The van der Waals surface area contributed by atoms with Gasteiger partial charge in [-0.25, -0.2) is 4.57 Å². The number of ether oxygens (including phenoxy) is 2. The molecule has 0 heterocycles. The van der Waals surface area contributed by atoms with Gasteiger partial charge in [0.2, 0.25) is 0 Å². The van der Waals surface area contributed by atoms with Crippen molar-refractivity contribution < 1.29 is 63.1 Å². The lowest BCUT2D eigenvalue weighted by Gasteiger charge is -2.41. The Morgan fingerprint density at radius 1 is 0.667 bits per heavy atom. The van der Waals surface area contributed by atoms with Gasteiger partial charge in [-0.3, -0.25) is 18.6 Å². The van der Waals surface area contributed by atoms with E-state index >= 15 is 0 Å². The number of phosphoric ester groups is 1. The molecule has 1 aliphatic rings. The van der Waals surface area contributed by atoms with E-state index in [9.17, 15) is 44.6 Å². The number of esters is 2. The first-order valence-corrected chi connectivity index (χ1v) is 18.1. The van der Waals surface area contributed by atoms with E-state index in [1.165, 1.54) is 0 Å². The fourth-order valence-corrected chi connectivity index (χ4v) is 5.33. The van der Waals surface area contributed by atoms with Crippen LogP contribution in [0.2, 0.25) is 0 Å². The molecule has 6 unspecified atom stereocenters. The van der Waals surface area contributed by atoms with E-state index in [4.69, 9.17) is 18.5 Å². The Labute approximate surface area is 283 Å². The average molecular weight is 703 g/mol. The Morgan fingerprint density at radius 2 is 1.15 bits per heavy atom. The molecule has 1 saturated carbocycles. The van der Waals surface area contributed by atoms with Crippen LogP contribution in [0.1, 0.15) is 84.5 Å². The minimum atomic E-state index is -5.11. The Kier molecular flexibility index (Phi) is 23.2. The number of hydrogen-bond donors (Lipinski definition) is 6. The van der Waals surface area contributed by atoms with Crippen molar-refractivity contribution >= 4 is 19.8 Å². The first kappa shape index (κ1) is 43.6. The second-order valence-corrected chi connectivity index (χ2v) is 12.7. The molecule has 0 bridgehead atoms. The van der Waals surface area contributed by atoms with Gasteiger partial charge in [0.1, 0.15) is 43.2 Å². The largest absolute Gasteiger partial charge is 0.472 e. The molecule has 274 valence electrons. The quantitative estimate of drug-likeness (QED) is 0.0366. The first-order chi connectivity index (χ1) is 22.9. The van der Waals surface area contributed by atoms with Crippen LogP contribution in [0.4, 0.5) is 0 Å². The summed E-state index contributed by atoms with van der Waals surface area (Å²) in [6, 6.07) is 0. The summed E-state index contributed by atoms with van der Waals surface area (Å²) >= 11 is 0. The molecule has 1 aliphatic carbocycles. The van der Waals surface area contributed by atoms with Crippen molar-refractivity contribution in [3.8, 4) is 0 Å². The van der Waals surface area contributed by atoms with Crippen molar-refractivity contribution in [2.24, 2.45) is 0 Å². The van der Waals surface area contributed by atoms with Gasteiger partial charge in [0, 0.05) is 12.8 Å². The van der Waals surface area contributed by atoms with Gasteiger partial charge in [-0.1, -0.05) is 81.0 Å². The van der Waals surface area contributed by atoms with Gasteiger partial charge >= 0.3 is 19.8 Å². The maximum Gasteiger partial charge on any atom is 0.472 e. The lowest BCUT2D eigenvalue weighted by molar-refractivity contribution is -0.220. The third-order valence-corrected chi connectivity index (χ3v) is 8.11. The van der Waals surface area contributed by atoms with Crippen molar-refractivity contribution in [1.29, 1.82) is 0 Å². The number of carbonyl (C=O) groups excluding carboxylic acids is 2. The third-order valence-electron chi connectivity index (χ3n) is 7.12. The molecule has 0 spiro atoms. The van der Waals surface area contributed by atoms with Crippen molar-refractivity contribution in [1.82, 2.24) is 0 Å². The minimum absolute atomic E-state index is 0.0143. The van der Waals surface area contributed by atoms with Crippen molar-refractivity contribution in [3.05, 3.63) is 60.8 Å². The second kappa shape index (κ2) is 25.5. The predicted molar refractivity (Wildman–Crippen MR) is 179 cm³/mol. The number of aliphatic hydroxyl groups excluding tert-OH is 5. The van der Waals surface area contributed by atoms with Gasteiger partial charge in [-0.05, 0) is 51.4 Å². The molecule has 0 saturated heterocycles. The predicted octanol–water partition coefficient (Wildman–Crippen LogP) is 3.87. The highest BCUT2D eigenvalue weighted by Crippen LogP contribution is 2.47. The summed E-state index contributed by atoms with van der Waals surface area (Å²) in [5, 5.41) is 49.5. The number of allylic oxidation sites excluding steroid dienone is 10. The Morgan fingerprint density at radius 3 is 1.67 bits per heavy atom. The number of phosphoric acid groups is 1. The molecule has 1 fully saturated rings. The highest BCUT2D eigenvalue weighted by atomic mass is 31.2. The molecular formula is C34H55O13P.